The van der Waals surface area contributed by atoms with Crippen LogP contribution in [0.1, 0.15) is 12.5 Å². The molecule has 2 rings (SSSR count). The van der Waals surface area contributed by atoms with Crippen molar-refractivity contribution < 1.29 is 14.3 Å². The van der Waals surface area contributed by atoms with Crippen LogP contribution < -0.4 is 15.4 Å². The molecule has 0 radical (unpaired) electrons. The number of hydrogen-bond donors (Lipinski definition) is 2. The lowest BCUT2D eigenvalue weighted by Gasteiger charge is -2.20. The van der Waals surface area contributed by atoms with Gasteiger partial charge in [0.25, 0.3) is 0 Å². The summed E-state index contributed by atoms with van der Waals surface area (Å²) in [5, 5.41) is 6.26. The maximum Gasteiger partial charge on any atom is 0.238 e. The topological polar surface area (TPSA) is 70.7 Å². The molecule has 2 N–H and O–H groups in total. The van der Waals surface area contributed by atoms with Gasteiger partial charge in [0.1, 0.15) is 5.75 Å². The molecule has 2 amide bonds. The largest absolute Gasteiger partial charge is 0.496 e. The number of halogens is 2. The summed E-state index contributed by atoms with van der Waals surface area (Å²) in [5.41, 5.74) is 1.25. The van der Waals surface area contributed by atoms with Crippen molar-refractivity contribution in [2.24, 2.45) is 0 Å². The molecule has 0 heterocycles. The van der Waals surface area contributed by atoms with Crippen LogP contribution in [0.15, 0.2) is 42.5 Å². The Balaban J connectivity index is 1.87. The zero-order chi connectivity index (χ0) is 20.5. The van der Waals surface area contributed by atoms with Gasteiger partial charge >= 0.3 is 0 Å². The Kier molecular flexibility index (Phi) is 8.57. The number of likely N-dealkylation sites (N-methyl/N-ethyl adjacent to an activating group) is 1. The molecule has 6 nitrogen and oxygen atoms in total. The van der Waals surface area contributed by atoms with Crippen molar-refractivity contribution in [1.82, 2.24) is 10.2 Å². The molecule has 150 valence electrons. The van der Waals surface area contributed by atoms with Crippen LogP contribution in [-0.4, -0.2) is 43.5 Å². The van der Waals surface area contributed by atoms with Crippen LogP contribution in [-0.2, 0) is 16.1 Å². The third-order valence-electron chi connectivity index (χ3n) is 4.08. The van der Waals surface area contributed by atoms with Gasteiger partial charge in [0.15, 0.2) is 0 Å². The number of carbonyl (C=O) groups excluding carboxylic acids is 2. The average molecular weight is 424 g/mol. The molecular weight excluding hydrogens is 401 g/mol. The van der Waals surface area contributed by atoms with Gasteiger partial charge in [0.2, 0.25) is 11.8 Å². The van der Waals surface area contributed by atoms with Gasteiger partial charge in [-0.2, -0.15) is 0 Å². The molecule has 0 aliphatic rings. The fourth-order valence-corrected chi connectivity index (χ4v) is 3.07. The van der Waals surface area contributed by atoms with Crippen molar-refractivity contribution in [3.63, 3.8) is 0 Å². The number of anilines is 1. The number of carbonyl (C=O) groups is 2. The molecule has 0 aromatic heterocycles. The normalized spacial score (nSPS) is 10.6. The van der Waals surface area contributed by atoms with Crippen molar-refractivity contribution in [3.05, 3.63) is 58.1 Å². The highest BCUT2D eigenvalue weighted by molar-refractivity contribution is 6.39. The Morgan fingerprint density at radius 3 is 2.29 bits per heavy atom. The van der Waals surface area contributed by atoms with E-state index in [1.807, 2.05) is 31.2 Å². The smallest absolute Gasteiger partial charge is 0.238 e. The van der Waals surface area contributed by atoms with Crippen LogP contribution in [0.3, 0.4) is 0 Å². The van der Waals surface area contributed by atoms with Crippen LogP contribution in [0.2, 0.25) is 10.0 Å². The number of benzene rings is 2. The minimum atomic E-state index is -0.297. The summed E-state index contributed by atoms with van der Waals surface area (Å²) in [4.78, 5) is 26.3. The molecule has 2 aromatic rings. The predicted molar refractivity (Wildman–Crippen MR) is 112 cm³/mol. The number of nitrogens with zero attached hydrogens (tertiary/aromatic N) is 1. The molecule has 0 aliphatic heterocycles. The Morgan fingerprint density at radius 1 is 1.00 bits per heavy atom. The first kappa shape index (κ1) is 22.0. The minimum absolute atomic E-state index is 0.0418. The van der Waals surface area contributed by atoms with E-state index < -0.39 is 0 Å². The Bertz CT molecular complexity index is 810. The quantitative estimate of drug-likeness (QED) is 0.646. The van der Waals surface area contributed by atoms with E-state index >= 15 is 0 Å². The summed E-state index contributed by atoms with van der Waals surface area (Å²) in [5.74, 6) is 0.233. The molecule has 0 unspecified atom stereocenters. The number of para-hydroxylation sites is 2. The monoisotopic (exact) mass is 423 g/mol. The first-order valence-electron chi connectivity index (χ1n) is 8.79. The lowest BCUT2D eigenvalue weighted by atomic mass is 10.2. The van der Waals surface area contributed by atoms with Gasteiger partial charge < -0.3 is 15.4 Å². The number of rotatable bonds is 9. The molecular formula is C20H23Cl2N3O3. The van der Waals surface area contributed by atoms with Crippen molar-refractivity contribution in [2.75, 3.05) is 32.1 Å². The van der Waals surface area contributed by atoms with E-state index in [-0.39, 0.29) is 24.9 Å². The standard InChI is InChI=1S/C20H23Cl2N3O3/c1-3-25(13-19(27)24-20-15(21)8-6-9-16(20)22)12-18(26)23-11-14-7-4-5-10-17(14)28-2/h4-10H,3,11-13H2,1-2H3,(H,23,26)(H,24,27). The lowest BCUT2D eigenvalue weighted by Crippen LogP contribution is -2.40. The van der Waals surface area contributed by atoms with Crippen LogP contribution in [0.25, 0.3) is 0 Å². The molecule has 0 spiro atoms. The molecule has 0 saturated heterocycles. The maximum atomic E-state index is 12.3. The fraction of sp³-hybridized carbons (Fsp3) is 0.300. The van der Waals surface area contributed by atoms with Gasteiger partial charge in [0, 0.05) is 12.1 Å². The first-order valence-corrected chi connectivity index (χ1v) is 9.55. The summed E-state index contributed by atoms with van der Waals surface area (Å²) in [7, 11) is 1.59. The second kappa shape index (κ2) is 10.9. The van der Waals surface area contributed by atoms with E-state index in [1.54, 1.807) is 30.2 Å². The Labute approximate surface area is 174 Å². The number of nitrogens with one attached hydrogen (secondary N) is 2. The highest BCUT2D eigenvalue weighted by atomic mass is 35.5. The molecule has 0 aliphatic carbocycles. The second-order valence-corrected chi connectivity index (χ2v) is 6.85. The van der Waals surface area contributed by atoms with E-state index in [2.05, 4.69) is 10.6 Å². The molecule has 0 atom stereocenters. The highest BCUT2D eigenvalue weighted by Crippen LogP contribution is 2.29. The third kappa shape index (κ3) is 6.41. The van der Waals surface area contributed by atoms with Gasteiger partial charge in [-0.3, -0.25) is 14.5 Å². The van der Waals surface area contributed by atoms with Crippen LogP contribution in [0, 0.1) is 0 Å². The first-order chi connectivity index (χ1) is 13.4. The van der Waals surface area contributed by atoms with Crippen LogP contribution in [0.4, 0.5) is 5.69 Å². The lowest BCUT2D eigenvalue weighted by molar-refractivity contribution is -0.123. The zero-order valence-corrected chi connectivity index (χ0v) is 17.3. The number of methoxy groups -OCH3 is 1. The van der Waals surface area contributed by atoms with Gasteiger partial charge in [-0.15, -0.1) is 0 Å². The summed E-state index contributed by atoms with van der Waals surface area (Å²) in [6.07, 6.45) is 0. The maximum absolute atomic E-state index is 12.3. The Hall–Kier alpha value is -2.28. The molecule has 0 fully saturated rings. The summed E-state index contributed by atoms with van der Waals surface area (Å²) >= 11 is 12.1. The van der Waals surface area contributed by atoms with E-state index in [1.165, 1.54) is 0 Å². The molecule has 8 heteroatoms. The predicted octanol–water partition coefficient (Wildman–Crippen LogP) is 3.58. The van der Waals surface area contributed by atoms with Gasteiger partial charge in [0.05, 0.1) is 35.9 Å². The molecule has 0 saturated carbocycles. The number of ether oxygens (including phenoxy) is 1. The number of amides is 2. The summed E-state index contributed by atoms with van der Waals surface area (Å²) < 4.78 is 5.27. The van der Waals surface area contributed by atoms with Crippen molar-refractivity contribution in [3.8, 4) is 5.75 Å². The van der Waals surface area contributed by atoms with E-state index in [9.17, 15) is 9.59 Å². The third-order valence-corrected chi connectivity index (χ3v) is 4.71. The van der Waals surface area contributed by atoms with E-state index in [0.29, 0.717) is 34.6 Å². The zero-order valence-electron chi connectivity index (χ0n) is 15.8. The van der Waals surface area contributed by atoms with Crippen molar-refractivity contribution in [1.29, 1.82) is 0 Å². The highest BCUT2D eigenvalue weighted by Gasteiger charge is 2.15. The fourth-order valence-electron chi connectivity index (χ4n) is 2.58. The minimum Gasteiger partial charge on any atom is -0.496 e. The van der Waals surface area contributed by atoms with Gasteiger partial charge in [-0.1, -0.05) is 54.4 Å². The summed E-state index contributed by atoms with van der Waals surface area (Å²) in [6.45, 7) is 2.90. The van der Waals surface area contributed by atoms with Crippen LogP contribution >= 0.6 is 23.2 Å². The Morgan fingerprint density at radius 2 is 1.64 bits per heavy atom. The molecule has 0 bridgehead atoms. The van der Waals surface area contributed by atoms with E-state index in [4.69, 9.17) is 27.9 Å². The van der Waals surface area contributed by atoms with Gasteiger partial charge in [-0.25, -0.2) is 0 Å². The van der Waals surface area contributed by atoms with Crippen LogP contribution in [0.5, 0.6) is 5.75 Å². The SMILES string of the molecule is CCN(CC(=O)NCc1ccccc1OC)CC(=O)Nc1c(Cl)cccc1Cl. The summed E-state index contributed by atoms with van der Waals surface area (Å²) in [6, 6.07) is 12.5. The molecule has 28 heavy (non-hydrogen) atoms. The molecule has 2 aromatic carbocycles. The van der Waals surface area contributed by atoms with Gasteiger partial charge in [-0.05, 0) is 24.7 Å². The number of hydrogen-bond acceptors (Lipinski definition) is 4. The second-order valence-electron chi connectivity index (χ2n) is 6.04. The average Bonchev–Trinajstić information content (AvgIpc) is 2.69. The van der Waals surface area contributed by atoms with E-state index in [0.717, 1.165) is 5.56 Å². The van der Waals surface area contributed by atoms with Crippen molar-refractivity contribution in [2.45, 2.75) is 13.5 Å². The van der Waals surface area contributed by atoms with Crippen molar-refractivity contribution >= 4 is 40.7 Å².